The Morgan fingerprint density at radius 1 is 0.921 bits per heavy atom. The van der Waals surface area contributed by atoms with E-state index in [9.17, 15) is 14.4 Å². The molecule has 0 saturated carbocycles. The Bertz CT molecular complexity index is 1450. The molecule has 3 aromatic carbocycles. The maximum absolute atomic E-state index is 13.1. The Morgan fingerprint density at radius 2 is 1.66 bits per heavy atom. The monoisotopic (exact) mass is 561 g/mol. The zero-order valence-corrected chi connectivity index (χ0v) is 22.8. The van der Waals surface area contributed by atoms with Crippen LogP contribution in [0.5, 0.6) is 0 Å². The molecule has 3 amide bonds. The van der Waals surface area contributed by atoms with Gasteiger partial charge in [0.1, 0.15) is 5.70 Å². The van der Waals surface area contributed by atoms with E-state index in [1.807, 2.05) is 54.1 Å². The van der Waals surface area contributed by atoms with Crippen LogP contribution in [-0.4, -0.2) is 23.5 Å². The number of benzene rings is 3. The van der Waals surface area contributed by atoms with Crippen LogP contribution >= 0.6 is 34.7 Å². The van der Waals surface area contributed by atoms with E-state index < -0.39 is 5.91 Å². The van der Waals surface area contributed by atoms with Gasteiger partial charge in [-0.3, -0.25) is 14.4 Å². The van der Waals surface area contributed by atoms with Gasteiger partial charge in [0.05, 0.1) is 5.75 Å². The minimum absolute atomic E-state index is 0.128. The number of amides is 3. The van der Waals surface area contributed by atoms with Crippen LogP contribution in [0.2, 0.25) is 5.02 Å². The Kier molecular flexibility index (Phi) is 9.37. The second-order valence-corrected chi connectivity index (χ2v) is 10.5. The molecule has 0 saturated heterocycles. The highest BCUT2D eigenvalue weighted by atomic mass is 35.5. The van der Waals surface area contributed by atoms with Gasteiger partial charge in [0, 0.05) is 26.9 Å². The zero-order valence-electron chi connectivity index (χ0n) is 20.4. The summed E-state index contributed by atoms with van der Waals surface area (Å²) in [5, 5.41) is 12.8. The lowest BCUT2D eigenvalue weighted by Gasteiger charge is -2.11. The van der Waals surface area contributed by atoms with E-state index in [2.05, 4.69) is 16.0 Å². The Balaban J connectivity index is 1.36. The average molecular weight is 562 g/mol. The van der Waals surface area contributed by atoms with E-state index in [0.29, 0.717) is 22.0 Å². The SMILES string of the molecule is Cc1ccc(NC(=O)CSc2ccc(NC(=O)/C(=C/c3ccsc3)NC(=O)c3ccccc3)cc2)cc1Cl. The van der Waals surface area contributed by atoms with E-state index in [1.165, 1.54) is 23.1 Å². The third-order valence-electron chi connectivity index (χ3n) is 5.32. The molecule has 0 bridgehead atoms. The van der Waals surface area contributed by atoms with E-state index in [0.717, 1.165) is 16.0 Å². The van der Waals surface area contributed by atoms with Crippen molar-refractivity contribution in [3.8, 4) is 0 Å². The molecule has 0 fully saturated rings. The first-order valence-electron chi connectivity index (χ1n) is 11.6. The number of carbonyl (C=O) groups excluding carboxylic acids is 3. The highest BCUT2D eigenvalue weighted by molar-refractivity contribution is 8.00. The van der Waals surface area contributed by atoms with Crippen LogP contribution in [0, 0.1) is 6.92 Å². The highest BCUT2D eigenvalue weighted by Gasteiger charge is 2.15. The third-order valence-corrected chi connectivity index (χ3v) is 7.44. The second kappa shape index (κ2) is 13.1. The molecule has 3 N–H and O–H groups in total. The van der Waals surface area contributed by atoms with Crippen molar-refractivity contribution in [3.63, 3.8) is 0 Å². The first-order valence-corrected chi connectivity index (χ1v) is 13.9. The van der Waals surface area contributed by atoms with Crippen molar-refractivity contribution in [2.24, 2.45) is 0 Å². The molecule has 9 heteroatoms. The largest absolute Gasteiger partial charge is 0.325 e. The van der Waals surface area contributed by atoms with Gasteiger partial charge in [0.25, 0.3) is 11.8 Å². The summed E-state index contributed by atoms with van der Waals surface area (Å²) < 4.78 is 0. The van der Waals surface area contributed by atoms with E-state index >= 15 is 0 Å². The normalized spacial score (nSPS) is 11.1. The van der Waals surface area contributed by atoms with Crippen LogP contribution in [0.15, 0.2) is 100 Å². The first-order chi connectivity index (χ1) is 18.4. The highest BCUT2D eigenvalue weighted by Crippen LogP contribution is 2.23. The standard InChI is InChI=1S/C29H24ClN3O3S2/c1-19-7-8-23(16-25(19)30)31-27(34)18-38-24-11-9-22(10-12-24)32-29(36)26(15-20-13-14-37-17-20)33-28(35)21-5-3-2-4-6-21/h2-17H,18H2,1H3,(H,31,34)(H,32,36)(H,33,35)/b26-15-. The van der Waals surface area contributed by atoms with Crippen LogP contribution in [0.1, 0.15) is 21.5 Å². The van der Waals surface area contributed by atoms with Gasteiger partial charge in [0.2, 0.25) is 5.91 Å². The fourth-order valence-electron chi connectivity index (χ4n) is 3.32. The van der Waals surface area contributed by atoms with Gasteiger partial charge in [-0.2, -0.15) is 11.3 Å². The predicted molar refractivity (Wildman–Crippen MR) is 157 cm³/mol. The average Bonchev–Trinajstić information content (AvgIpc) is 3.44. The number of carbonyl (C=O) groups is 3. The summed E-state index contributed by atoms with van der Waals surface area (Å²) in [4.78, 5) is 38.9. The first kappa shape index (κ1) is 27.2. The summed E-state index contributed by atoms with van der Waals surface area (Å²) in [6.45, 7) is 1.90. The third kappa shape index (κ3) is 7.82. The van der Waals surface area contributed by atoms with Gasteiger partial charge >= 0.3 is 0 Å². The summed E-state index contributed by atoms with van der Waals surface area (Å²) in [6.07, 6.45) is 1.64. The smallest absolute Gasteiger partial charge is 0.272 e. The topological polar surface area (TPSA) is 87.3 Å². The van der Waals surface area contributed by atoms with Crippen molar-refractivity contribution in [3.05, 3.63) is 117 Å². The molecule has 0 radical (unpaired) electrons. The molecule has 0 aliphatic rings. The number of thiophene rings is 1. The summed E-state index contributed by atoms with van der Waals surface area (Å²) in [6, 6.07) is 23.1. The molecular formula is C29H24ClN3O3S2. The van der Waals surface area contributed by atoms with E-state index in [1.54, 1.807) is 48.5 Å². The minimum Gasteiger partial charge on any atom is -0.325 e. The maximum Gasteiger partial charge on any atom is 0.272 e. The Hall–Kier alpha value is -3.85. The fourth-order valence-corrected chi connectivity index (χ4v) is 4.81. The van der Waals surface area contributed by atoms with Crippen LogP contribution in [0.3, 0.4) is 0 Å². The van der Waals surface area contributed by atoms with Crippen LogP contribution < -0.4 is 16.0 Å². The van der Waals surface area contributed by atoms with Crippen molar-refractivity contribution in [1.29, 1.82) is 0 Å². The van der Waals surface area contributed by atoms with Gasteiger partial charge in [0.15, 0.2) is 0 Å². The number of halogens is 1. The summed E-state index contributed by atoms with van der Waals surface area (Å²) >= 11 is 8.99. The van der Waals surface area contributed by atoms with Gasteiger partial charge in [-0.1, -0.05) is 35.9 Å². The summed E-state index contributed by atoms with van der Waals surface area (Å²) in [7, 11) is 0. The lowest BCUT2D eigenvalue weighted by Crippen LogP contribution is -2.30. The van der Waals surface area contributed by atoms with E-state index in [-0.39, 0.29) is 23.3 Å². The van der Waals surface area contributed by atoms with Crippen LogP contribution in [0.25, 0.3) is 6.08 Å². The molecule has 1 aromatic heterocycles. The number of nitrogens with one attached hydrogen (secondary N) is 3. The number of hydrogen-bond acceptors (Lipinski definition) is 5. The van der Waals surface area contributed by atoms with Crippen LogP contribution in [0.4, 0.5) is 11.4 Å². The number of hydrogen-bond donors (Lipinski definition) is 3. The summed E-state index contributed by atoms with van der Waals surface area (Å²) in [5.41, 5.74) is 3.54. The molecular weight excluding hydrogens is 538 g/mol. The number of rotatable bonds is 9. The van der Waals surface area contributed by atoms with Crippen molar-refractivity contribution in [2.75, 3.05) is 16.4 Å². The van der Waals surface area contributed by atoms with Gasteiger partial charge < -0.3 is 16.0 Å². The lowest BCUT2D eigenvalue weighted by atomic mass is 10.2. The molecule has 6 nitrogen and oxygen atoms in total. The van der Waals surface area contributed by atoms with Crippen molar-refractivity contribution in [2.45, 2.75) is 11.8 Å². The summed E-state index contributed by atoms with van der Waals surface area (Å²) in [5.74, 6) is -0.752. The lowest BCUT2D eigenvalue weighted by molar-refractivity contribution is -0.114. The second-order valence-electron chi connectivity index (χ2n) is 8.21. The zero-order chi connectivity index (χ0) is 26.9. The number of thioether (sulfide) groups is 1. The Morgan fingerprint density at radius 3 is 2.34 bits per heavy atom. The van der Waals surface area contributed by atoms with Gasteiger partial charge in [-0.25, -0.2) is 0 Å². The predicted octanol–water partition coefficient (Wildman–Crippen LogP) is 6.85. The molecule has 0 unspecified atom stereocenters. The van der Waals surface area contributed by atoms with Gasteiger partial charge in [-0.15, -0.1) is 11.8 Å². The molecule has 0 aliphatic carbocycles. The molecule has 0 atom stereocenters. The maximum atomic E-state index is 13.1. The molecule has 0 aliphatic heterocycles. The van der Waals surface area contributed by atoms with E-state index in [4.69, 9.17) is 11.6 Å². The molecule has 1 heterocycles. The Labute approximate surface area is 234 Å². The number of aryl methyl sites for hydroxylation is 1. The fraction of sp³-hybridized carbons (Fsp3) is 0.0690. The molecule has 38 heavy (non-hydrogen) atoms. The molecule has 192 valence electrons. The number of anilines is 2. The minimum atomic E-state index is -0.447. The van der Waals surface area contributed by atoms with Crippen molar-refractivity contribution in [1.82, 2.24) is 5.32 Å². The molecule has 4 rings (SSSR count). The van der Waals surface area contributed by atoms with Crippen molar-refractivity contribution < 1.29 is 14.4 Å². The van der Waals surface area contributed by atoms with Gasteiger partial charge in [-0.05, 0) is 89.5 Å². The molecule has 0 spiro atoms. The van der Waals surface area contributed by atoms with Crippen LogP contribution in [-0.2, 0) is 9.59 Å². The van der Waals surface area contributed by atoms with Crippen molar-refractivity contribution >= 4 is 69.9 Å². The molecule has 4 aromatic rings. The quantitative estimate of drug-likeness (QED) is 0.154.